The fraction of sp³-hybridized carbons (Fsp3) is 0.250. The van der Waals surface area contributed by atoms with Crippen LogP contribution in [0.25, 0.3) is 0 Å². The minimum absolute atomic E-state index is 0.0205. The van der Waals surface area contributed by atoms with Gasteiger partial charge in [0.05, 0.1) is 16.2 Å². The van der Waals surface area contributed by atoms with Gasteiger partial charge >= 0.3 is 0 Å². The predicted molar refractivity (Wildman–Crippen MR) is 53.2 cm³/mol. The summed E-state index contributed by atoms with van der Waals surface area (Å²) in [6.07, 6.45) is -1.44. The summed E-state index contributed by atoms with van der Waals surface area (Å²) in [6.45, 7) is 0. The van der Waals surface area contributed by atoms with E-state index in [1.54, 1.807) is 6.07 Å². The molecule has 0 aliphatic heterocycles. The highest BCUT2D eigenvalue weighted by molar-refractivity contribution is 14.1. The van der Waals surface area contributed by atoms with E-state index in [1.807, 2.05) is 22.6 Å². The summed E-state index contributed by atoms with van der Waals surface area (Å²) >= 11 is 1.82. The van der Waals surface area contributed by atoms with Crippen molar-refractivity contribution in [3.63, 3.8) is 0 Å². The largest absolute Gasteiger partial charge is 0.495 e. The maximum absolute atomic E-state index is 12.6. The molecule has 1 heterocycles. The summed E-state index contributed by atoms with van der Waals surface area (Å²) in [4.78, 5) is 3.60. The van der Waals surface area contributed by atoms with Crippen molar-refractivity contribution in [1.82, 2.24) is 4.98 Å². The minimum atomic E-state index is -2.76. The summed E-state index contributed by atoms with van der Waals surface area (Å²) in [6, 6.07) is 1.60. The molecule has 0 amide bonds. The Morgan fingerprint density at radius 2 is 2.29 bits per heavy atom. The van der Waals surface area contributed by atoms with Gasteiger partial charge in [0, 0.05) is 6.20 Å². The molecule has 0 radical (unpaired) electrons. The van der Waals surface area contributed by atoms with Crippen LogP contribution >= 0.6 is 22.6 Å². The van der Waals surface area contributed by atoms with E-state index >= 15 is 0 Å². The highest BCUT2D eigenvalue weighted by Crippen LogP contribution is 2.34. The average molecular weight is 310 g/mol. The highest BCUT2D eigenvalue weighted by Gasteiger charge is 2.22. The molecule has 0 aliphatic rings. The number of halogens is 3. The first-order valence-corrected chi connectivity index (χ1v) is 4.60. The van der Waals surface area contributed by atoms with Crippen LogP contribution in [0.5, 0.6) is 5.75 Å². The van der Waals surface area contributed by atoms with Crippen LogP contribution < -0.4 is 4.74 Å². The molecule has 0 atom stereocenters. The number of alkyl halides is 2. The lowest BCUT2D eigenvalue weighted by atomic mass is 10.2. The van der Waals surface area contributed by atoms with E-state index in [0.717, 1.165) is 0 Å². The Balaban J connectivity index is 3.46. The Hall–Kier alpha value is -0.970. The summed E-state index contributed by atoms with van der Waals surface area (Å²) < 4.78 is 30.4. The molecular formula is C8H5F2IN2O. The van der Waals surface area contributed by atoms with Crippen molar-refractivity contribution in [3.8, 4) is 11.8 Å². The number of nitriles is 1. The van der Waals surface area contributed by atoms with Gasteiger partial charge in [-0.3, -0.25) is 0 Å². The first-order chi connectivity index (χ1) is 6.61. The zero-order chi connectivity index (χ0) is 10.7. The Labute approximate surface area is 92.8 Å². The van der Waals surface area contributed by atoms with Crippen LogP contribution in [0.3, 0.4) is 0 Å². The lowest BCUT2D eigenvalue weighted by Crippen LogP contribution is -2.01. The Morgan fingerprint density at radius 3 is 2.71 bits per heavy atom. The van der Waals surface area contributed by atoms with Gasteiger partial charge in [0.25, 0.3) is 6.43 Å². The third-order valence-corrected chi connectivity index (χ3v) is 2.32. The highest BCUT2D eigenvalue weighted by atomic mass is 127. The van der Waals surface area contributed by atoms with Crippen LogP contribution in [0.2, 0.25) is 0 Å². The van der Waals surface area contributed by atoms with Crippen molar-refractivity contribution in [2.75, 3.05) is 7.11 Å². The molecule has 0 spiro atoms. The molecule has 74 valence electrons. The monoisotopic (exact) mass is 310 g/mol. The normalized spacial score (nSPS) is 10.0. The molecule has 0 unspecified atom stereocenters. The lowest BCUT2D eigenvalue weighted by molar-refractivity contribution is 0.146. The van der Waals surface area contributed by atoms with Crippen molar-refractivity contribution < 1.29 is 13.5 Å². The quantitative estimate of drug-likeness (QED) is 0.789. The summed E-state index contributed by atoms with van der Waals surface area (Å²) in [5.41, 5.74) is -0.737. The minimum Gasteiger partial charge on any atom is -0.495 e. The number of hydrogen-bond donors (Lipinski definition) is 0. The molecule has 1 aromatic heterocycles. The summed E-state index contributed by atoms with van der Waals surface area (Å²) in [5.74, 6) is 0.0205. The molecule has 14 heavy (non-hydrogen) atoms. The van der Waals surface area contributed by atoms with E-state index in [4.69, 9.17) is 10.00 Å². The zero-order valence-corrected chi connectivity index (χ0v) is 9.25. The maximum atomic E-state index is 12.6. The number of ether oxygens (including phenoxy) is 1. The fourth-order valence-electron chi connectivity index (χ4n) is 0.985. The molecule has 1 rings (SSSR count). The SMILES string of the molecule is COc1c(I)cnc(C#N)c1C(F)F. The van der Waals surface area contributed by atoms with Crippen molar-refractivity contribution in [1.29, 1.82) is 5.26 Å². The third-order valence-electron chi connectivity index (χ3n) is 1.55. The van der Waals surface area contributed by atoms with E-state index < -0.39 is 12.0 Å². The second kappa shape index (κ2) is 4.50. The molecule has 3 nitrogen and oxygen atoms in total. The van der Waals surface area contributed by atoms with Gasteiger partial charge < -0.3 is 4.74 Å². The topological polar surface area (TPSA) is 45.9 Å². The van der Waals surface area contributed by atoms with Crippen LogP contribution in [0.15, 0.2) is 6.20 Å². The third kappa shape index (κ3) is 1.92. The van der Waals surface area contributed by atoms with Crippen LogP contribution in [0.4, 0.5) is 8.78 Å². The Kier molecular flexibility index (Phi) is 3.57. The molecule has 0 N–H and O–H groups in total. The Morgan fingerprint density at radius 1 is 1.64 bits per heavy atom. The molecule has 0 bridgehead atoms. The first kappa shape index (κ1) is 11.1. The van der Waals surface area contributed by atoms with E-state index in [2.05, 4.69) is 4.98 Å². The van der Waals surface area contributed by atoms with E-state index in [0.29, 0.717) is 3.57 Å². The number of rotatable bonds is 2. The zero-order valence-electron chi connectivity index (χ0n) is 7.09. The van der Waals surface area contributed by atoms with Gasteiger partial charge in [0.1, 0.15) is 11.8 Å². The van der Waals surface area contributed by atoms with Crippen LogP contribution in [0, 0.1) is 14.9 Å². The van der Waals surface area contributed by atoms with Crippen LogP contribution in [0.1, 0.15) is 17.7 Å². The van der Waals surface area contributed by atoms with Crippen molar-refractivity contribution >= 4 is 22.6 Å². The number of aromatic nitrogens is 1. The number of nitrogens with zero attached hydrogens (tertiary/aromatic N) is 2. The molecule has 0 aromatic carbocycles. The van der Waals surface area contributed by atoms with Crippen molar-refractivity contribution in [2.24, 2.45) is 0 Å². The van der Waals surface area contributed by atoms with E-state index in [-0.39, 0.29) is 11.4 Å². The van der Waals surface area contributed by atoms with Gasteiger partial charge in [-0.05, 0) is 22.6 Å². The van der Waals surface area contributed by atoms with Gasteiger partial charge in [-0.25, -0.2) is 13.8 Å². The standard InChI is InChI=1S/C8H5F2IN2O/c1-14-7-4(11)3-13-5(2-12)6(7)8(9)10/h3,8H,1H3. The first-order valence-electron chi connectivity index (χ1n) is 3.52. The van der Waals surface area contributed by atoms with Gasteiger partial charge in [0.2, 0.25) is 0 Å². The smallest absolute Gasteiger partial charge is 0.270 e. The van der Waals surface area contributed by atoms with Gasteiger partial charge in [-0.15, -0.1) is 0 Å². The molecule has 0 saturated carbocycles. The van der Waals surface area contributed by atoms with E-state index in [9.17, 15) is 8.78 Å². The second-order valence-corrected chi connectivity index (χ2v) is 3.48. The summed E-state index contributed by atoms with van der Waals surface area (Å²) in [5, 5.41) is 8.57. The van der Waals surface area contributed by atoms with Crippen LogP contribution in [-0.4, -0.2) is 12.1 Å². The summed E-state index contributed by atoms with van der Waals surface area (Å²) in [7, 11) is 1.28. The molecule has 6 heteroatoms. The number of hydrogen-bond acceptors (Lipinski definition) is 3. The maximum Gasteiger partial charge on any atom is 0.270 e. The van der Waals surface area contributed by atoms with Crippen LogP contribution in [-0.2, 0) is 0 Å². The average Bonchev–Trinajstić information content (AvgIpc) is 2.17. The molecule has 0 saturated heterocycles. The van der Waals surface area contributed by atoms with Crippen molar-refractivity contribution in [2.45, 2.75) is 6.43 Å². The molecule has 0 fully saturated rings. The van der Waals surface area contributed by atoms with Gasteiger partial charge in [-0.2, -0.15) is 5.26 Å². The Bertz CT molecular complexity index is 390. The molecule has 1 aromatic rings. The van der Waals surface area contributed by atoms with Gasteiger partial charge in [0.15, 0.2) is 5.69 Å². The van der Waals surface area contributed by atoms with Gasteiger partial charge in [-0.1, -0.05) is 0 Å². The van der Waals surface area contributed by atoms with Crippen molar-refractivity contribution in [3.05, 3.63) is 21.0 Å². The number of methoxy groups -OCH3 is 1. The fourth-order valence-corrected chi connectivity index (χ4v) is 1.63. The lowest BCUT2D eigenvalue weighted by Gasteiger charge is -2.09. The predicted octanol–water partition coefficient (Wildman–Crippen LogP) is 2.50. The number of pyridine rings is 1. The van der Waals surface area contributed by atoms with E-state index in [1.165, 1.54) is 13.3 Å². The molecule has 0 aliphatic carbocycles. The second-order valence-electron chi connectivity index (χ2n) is 2.31. The molecular weight excluding hydrogens is 305 g/mol.